The van der Waals surface area contributed by atoms with E-state index in [0.29, 0.717) is 6.20 Å². The molecule has 1 rings (SSSR count). The zero-order valence-electron chi connectivity index (χ0n) is 5.76. The highest BCUT2D eigenvalue weighted by Gasteiger charge is 2.30. The third kappa shape index (κ3) is 1.72. The number of halogens is 3. The summed E-state index contributed by atoms with van der Waals surface area (Å²) in [5.41, 5.74) is -0.994. The predicted molar refractivity (Wildman–Crippen MR) is 34.0 cm³/mol. The third-order valence-corrected chi connectivity index (χ3v) is 1.19. The van der Waals surface area contributed by atoms with Crippen molar-refractivity contribution in [2.24, 2.45) is 0 Å². The first-order valence-electron chi connectivity index (χ1n) is 2.96. The molecule has 0 bridgehead atoms. The van der Waals surface area contributed by atoms with Crippen molar-refractivity contribution in [1.82, 2.24) is 4.98 Å². The molecule has 0 aromatic carbocycles. The molecular formula is C7H3F3N2. The number of nitriles is 1. The smallest absolute Gasteiger partial charge is 0.263 e. The summed E-state index contributed by atoms with van der Waals surface area (Å²) in [5, 5.41) is 8.27. The first-order valence-corrected chi connectivity index (χ1v) is 2.96. The summed E-state index contributed by atoms with van der Waals surface area (Å²) in [4.78, 5) is 3.28. The topological polar surface area (TPSA) is 36.7 Å². The predicted octanol–water partition coefficient (Wildman–Crippen LogP) is 1.97. The van der Waals surface area contributed by atoms with E-state index in [4.69, 9.17) is 5.26 Å². The van der Waals surface area contributed by atoms with Crippen LogP contribution in [-0.4, -0.2) is 4.98 Å². The molecule has 62 valence electrons. The van der Waals surface area contributed by atoms with E-state index in [1.54, 1.807) is 6.07 Å². The number of hydrogen-bond donors (Lipinski definition) is 0. The van der Waals surface area contributed by atoms with Gasteiger partial charge in [-0.3, -0.25) is 4.98 Å². The van der Waals surface area contributed by atoms with Crippen LogP contribution < -0.4 is 0 Å². The fourth-order valence-corrected chi connectivity index (χ4v) is 0.656. The van der Waals surface area contributed by atoms with Crippen molar-refractivity contribution < 1.29 is 13.2 Å². The SMILES string of the molecule is N#Cc1cncc(C(F)(F)F)c1. The molecule has 2 nitrogen and oxygen atoms in total. The molecule has 0 saturated carbocycles. The molecule has 1 aromatic heterocycles. The van der Waals surface area contributed by atoms with E-state index in [0.717, 1.165) is 12.3 Å². The van der Waals surface area contributed by atoms with Gasteiger partial charge >= 0.3 is 6.18 Å². The lowest BCUT2D eigenvalue weighted by molar-refractivity contribution is -0.137. The molecule has 0 fully saturated rings. The fourth-order valence-electron chi connectivity index (χ4n) is 0.656. The summed E-state index contributed by atoms with van der Waals surface area (Å²) in [6.45, 7) is 0. The Morgan fingerprint density at radius 1 is 1.33 bits per heavy atom. The normalized spacial score (nSPS) is 10.8. The van der Waals surface area contributed by atoms with Gasteiger partial charge in [0.05, 0.1) is 11.1 Å². The lowest BCUT2D eigenvalue weighted by Crippen LogP contribution is -2.05. The van der Waals surface area contributed by atoms with Crippen molar-refractivity contribution in [2.45, 2.75) is 6.18 Å². The van der Waals surface area contributed by atoms with Crippen LogP contribution in [0.5, 0.6) is 0 Å². The lowest BCUT2D eigenvalue weighted by atomic mass is 10.2. The molecule has 5 heteroatoms. The van der Waals surface area contributed by atoms with Crippen molar-refractivity contribution in [3.63, 3.8) is 0 Å². The van der Waals surface area contributed by atoms with Crippen molar-refractivity contribution in [2.75, 3.05) is 0 Å². The van der Waals surface area contributed by atoms with Crippen molar-refractivity contribution in [3.8, 4) is 6.07 Å². The summed E-state index contributed by atoms with van der Waals surface area (Å²) >= 11 is 0. The van der Waals surface area contributed by atoms with E-state index >= 15 is 0 Å². The van der Waals surface area contributed by atoms with Gasteiger partial charge in [0, 0.05) is 12.4 Å². The maximum Gasteiger partial charge on any atom is 0.417 e. The van der Waals surface area contributed by atoms with E-state index in [2.05, 4.69) is 4.98 Å². The Balaban J connectivity index is 3.13. The molecule has 0 unspecified atom stereocenters. The van der Waals surface area contributed by atoms with Gasteiger partial charge in [0.15, 0.2) is 0 Å². The average molecular weight is 172 g/mol. The Kier molecular flexibility index (Phi) is 2.00. The summed E-state index contributed by atoms with van der Waals surface area (Å²) in [6.07, 6.45) is -2.67. The summed E-state index contributed by atoms with van der Waals surface area (Å²) in [5.74, 6) is 0. The molecule has 0 aliphatic rings. The minimum Gasteiger partial charge on any atom is -0.263 e. The van der Waals surface area contributed by atoms with E-state index in [9.17, 15) is 13.2 Å². The molecule has 0 N–H and O–H groups in total. The number of rotatable bonds is 0. The van der Waals surface area contributed by atoms with Gasteiger partial charge in [-0.15, -0.1) is 0 Å². The van der Waals surface area contributed by atoms with Crippen molar-refractivity contribution in [3.05, 3.63) is 29.6 Å². The second kappa shape index (κ2) is 2.81. The molecule has 0 aliphatic heterocycles. The van der Waals surface area contributed by atoms with Crippen LogP contribution in [0.1, 0.15) is 11.1 Å². The molecule has 0 aliphatic carbocycles. The Morgan fingerprint density at radius 3 is 2.50 bits per heavy atom. The van der Waals surface area contributed by atoms with Crippen LogP contribution in [-0.2, 0) is 6.18 Å². The molecule has 0 spiro atoms. The van der Waals surface area contributed by atoms with Gasteiger partial charge in [0.1, 0.15) is 6.07 Å². The van der Waals surface area contributed by atoms with Crippen LogP contribution in [0.15, 0.2) is 18.5 Å². The van der Waals surface area contributed by atoms with Gasteiger partial charge in [-0.25, -0.2) is 0 Å². The molecule has 12 heavy (non-hydrogen) atoms. The minimum atomic E-state index is -4.43. The zero-order chi connectivity index (χ0) is 9.19. The van der Waals surface area contributed by atoms with E-state index in [1.165, 1.54) is 0 Å². The maximum absolute atomic E-state index is 12.0. The highest BCUT2D eigenvalue weighted by Crippen LogP contribution is 2.28. The number of hydrogen-bond acceptors (Lipinski definition) is 2. The first-order chi connectivity index (χ1) is 5.54. The molecule has 0 amide bonds. The molecule has 0 radical (unpaired) electrons. The number of aromatic nitrogens is 1. The zero-order valence-corrected chi connectivity index (χ0v) is 5.76. The van der Waals surface area contributed by atoms with E-state index in [1.807, 2.05) is 0 Å². The van der Waals surface area contributed by atoms with Crippen molar-refractivity contribution in [1.29, 1.82) is 5.26 Å². The highest BCUT2D eigenvalue weighted by atomic mass is 19.4. The average Bonchev–Trinajstić information content (AvgIpc) is 2.03. The molecule has 1 aromatic rings. The third-order valence-electron chi connectivity index (χ3n) is 1.19. The van der Waals surface area contributed by atoms with Crippen LogP contribution in [0.3, 0.4) is 0 Å². The lowest BCUT2D eigenvalue weighted by Gasteiger charge is -2.04. The van der Waals surface area contributed by atoms with Crippen LogP contribution in [0.25, 0.3) is 0 Å². The monoisotopic (exact) mass is 172 g/mol. The first kappa shape index (κ1) is 8.53. The van der Waals surface area contributed by atoms with E-state index in [-0.39, 0.29) is 5.56 Å². The largest absolute Gasteiger partial charge is 0.417 e. The fraction of sp³-hybridized carbons (Fsp3) is 0.143. The van der Waals surface area contributed by atoms with Crippen LogP contribution >= 0.6 is 0 Å². The van der Waals surface area contributed by atoms with E-state index < -0.39 is 11.7 Å². The maximum atomic E-state index is 12.0. The molecule has 1 heterocycles. The second-order valence-corrected chi connectivity index (χ2v) is 2.07. The summed E-state index contributed by atoms with van der Waals surface area (Å²) in [7, 11) is 0. The number of alkyl halides is 3. The van der Waals surface area contributed by atoms with Crippen LogP contribution in [0, 0.1) is 11.3 Å². The van der Waals surface area contributed by atoms with Gasteiger partial charge in [-0.1, -0.05) is 0 Å². The molecule has 0 saturated heterocycles. The Labute approximate surface area is 66.3 Å². The minimum absolute atomic E-state index is 0.0928. The van der Waals surface area contributed by atoms with Crippen LogP contribution in [0.2, 0.25) is 0 Å². The quantitative estimate of drug-likeness (QED) is 0.599. The van der Waals surface area contributed by atoms with Gasteiger partial charge < -0.3 is 0 Å². The highest BCUT2D eigenvalue weighted by molar-refractivity contribution is 5.30. The summed E-state index contributed by atoms with van der Waals surface area (Å²) < 4.78 is 35.9. The molecular weight excluding hydrogens is 169 g/mol. The van der Waals surface area contributed by atoms with Gasteiger partial charge in [0.25, 0.3) is 0 Å². The van der Waals surface area contributed by atoms with Gasteiger partial charge in [0.2, 0.25) is 0 Å². The molecule has 0 atom stereocenters. The Hall–Kier alpha value is -1.57. The number of nitrogens with zero attached hydrogens (tertiary/aromatic N) is 2. The number of pyridine rings is 1. The van der Waals surface area contributed by atoms with Gasteiger partial charge in [-0.05, 0) is 6.07 Å². The van der Waals surface area contributed by atoms with Gasteiger partial charge in [-0.2, -0.15) is 18.4 Å². The summed E-state index contributed by atoms with van der Waals surface area (Å²) in [6, 6.07) is 2.33. The Bertz CT molecular complexity index is 324. The van der Waals surface area contributed by atoms with Crippen molar-refractivity contribution >= 4 is 0 Å². The second-order valence-electron chi connectivity index (χ2n) is 2.07. The Morgan fingerprint density at radius 2 is 2.00 bits per heavy atom. The van der Waals surface area contributed by atoms with Crippen LogP contribution in [0.4, 0.5) is 13.2 Å². The standard InChI is InChI=1S/C7H3F3N2/c8-7(9,10)6-1-5(2-11)3-12-4-6/h1,3-4H.